The van der Waals surface area contributed by atoms with Crippen LogP contribution in [0.5, 0.6) is 0 Å². The highest BCUT2D eigenvalue weighted by molar-refractivity contribution is 7.88. The van der Waals surface area contributed by atoms with E-state index >= 15 is 0 Å². The summed E-state index contributed by atoms with van der Waals surface area (Å²) in [7, 11) is -3.24. The molecule has 0 unspecified atom stereocenters. The van der Waals surface area contributed by atoms with E-state index in [-0.39, 0.29) is 18.1 Å². The zero-order chi connectivity index (χ0) is 25.9. The van der Waals surface area contributed by atoms with E-state index in [2.05, 4.69) is 31.6 Å². The summed E-state index contributed by atoms with van der Waals surface area (Å²) in [5.74, 6) is 3.71. The first-order valence-electron chi connectivity index (χ1n) is 14.5. The molecule has 5 rings (SSSR count). The van der Waals surface area contributed by atoms with Crippen LogP contribution in [0.25, 0.3) is 0 Å². The molecule has 36 heavy (non-hydrogen) atoms. The van der Waals surface area contributed by atoms with E-state index in [1.54, 1.807) is 5.57 Å². The van der Waals surface area contributed by atoms with Gasteiger partial charge < -0.3 is 10.0 Å². The van der Waals surface area contributed by atoms with Crippen LogP contribution in [-0.4, -0.2) is 55.8 Å². The SMILES string of the molecule is C[C@H](CCC(=O)N1CC[C@H](NS(C)(=O)=O)C1)[C@H]1CC[C@H]2[C@@H]3CC=C4C[C@@H](O)CC[C@]4(C)[C@H]3CC[C@]12C. The third-order valence-corrected chi connectivity index (χ3v) is 12.3. The zero-order valence-corrected chi connectivity index (χ0v) is 23.7. The van der Waals surface area contributed by atoms with E-state index in [4.69, 9.17) is 0 Å². The van der Waals surface area contributed by atoms with Gasteiger partial charge in [-0.15, -0.1) is 0 Å². The van der Waals surface area contributed by atoms with E-state index in [1.165, 1.54) is 38.4 Å². The number of fused-ring (bicyclic) bond motifs is 5. The second kappa shape index (κ2) is 9.68. The van der Waals surface area contributed by atoms with E-state index < -0.39 is 10.0 Å². The number of amides is 1. The molecule has 0 aromatic carbocycles. The first kappa shape index (κ1) is 26.7. The minimum atomic E-state index is -3.24. The molecule has 204 valence electrons. The lowest BCUT2D eigenvalue weighted by Gasteiger charge is -2.58. The van der Waals surface area contributed by atoms with Gasteiger partial charge in [0.2, 0.25) is 15.9 Å². The molecule has 6 nitrogen and oxygen atoms in total. The van der Waals surface area contributed by atoms with Crippen LogP contribution in [0, 0.1) is 40.4 Å². The zero-order valence-electron chi connectivity index (χ0n) is 22.8. The molecule has 2 N–H and O–H groups in total. The summed E-state index contributed by atoms with van der Waals surface area (Å²) < 4.78 is 25.7. The number of hydrogen-bond acceptors (Lipinski definition) is 4. The molecule has 7 heteroatoms. The fourth-order valence-electron chi connectivity index (χ4n) is 9.71. The predicted molar refractivity (Wildman–Crippen MR) is 143 cm³/mol. The summed E-state index contributed by atoms with van der Waals surface area (Å²) in [5.41, 5.74) is 2.21. The average Bonchev–Trinajstić information content (AvgIpc) is 3.40. The Bertz CT molecular complexity index is 995. The molecule has 0 aromatic heterocycles. The largest absolute Gasteiger partial charge is 0.393 e. The second-order valence-corrected chi connectivity index (χ2v) is 15.4. The number of hydrogen-bond donors (Lipinski definition) is 2. The number of nitrogens with zero attached hydrogens (tertiary/aromatic N) is 1. The number of aliphatic hydroxyl groups excluding tert-OH is 1. The lowest BCUT2D eigenvalue weighted by atomic mass is 9.47. The maximum atomic E-state index is 12.9. The van der Waals surface area contributed by atoms with Crippen molar-refractivity contribution >= 4 is 15.9 Å². The van der Waals surface area contributed by atoms with Gasteiger partial charge in [0.25, 0.3) is 0 Å². The topological polar surface area (TPSA) is 86.7 Å². The Morgan fingerprint density at radius 3 is 2.69 bits per heavy atom. The Labute approximate surface area is 218 Å². The van der Waals surface area contributed by atoms with Gasteiger partial charge in [-0.2, -0.15) is 0 Å². The Morgan fingerprint density at radius 2 is 1.94 bits per heavy atom. The van der Waals surface area contributed by atoms with Gasteiger partial charge in [-0.3, -0.25) is 4.79 Å². The molecule has 4 aliphatic carbocycles. The van der Waals surface area contributed by atoms with Gasteiger partial charge in [-0.1, -0.05) is 32.4 Å². The number of carbonyl (C=O) groups excluding carboxylic acids is 1. The van der Waals surface area contributed by atoms with E-state index in [9.17, 15) is 18.3 Å². The lowest BCUT2D eigenvalue weighted by molar-refractivity contribution is -0.130. The molecule has 0 bridgehead atoms. The minimum Gasteiger partial charge on any atom is -0.393 e. The number of allylic oxidation sites excluding steroid dienone is 1. The maximum absolute atomic E-state index is 12.9. The third-order valence-electron chi connectivity index (χ3n) is 11.6. The summed E-state index contributed by atoms with van der Waals surface area (Å²) in [5, 5.41) is 10.3. The third kappa shape index (κ3) is 4.82. The van der Waals surface area contributed by atoms with Crippen molar-refractivity contribution in [1.29, 1.82) is 0 Å². The van der Waals surface area contributed by atoms with Gasteiger partial charge >= 0.3 is 0 Å². The van der Waals surface area contributed by atoms with Crippen molar-refractivity contribution in [2.45, 2.75) is 104 Å². The van der Waals surface area contributed by atoms with Crippen molar-refractivity contribution in [3.05, 3.63) is 11.6 Å². The van der Waals surface area contributed by atoms with E-state index in [0.29, 0.717) is 48.6 Å². The van der Waals surface area contributed by atoms with Gasteiger partial charge in [-0.05, 0) is 105 Å². The first-order valence-corrected chi connectivity index (χ1v) is 16.4. The Hall–Kier alpha value is -0.920. The highest BCUT2D eigenvalue weighted by Gasteiger charge is 2.59. The molecule has 4 fully saturated rings. The number of nitrogens with one attached hydrogen (secondary N) is 1. The molecule has 1 saturated heterocycles. The molecular formula is C29H48N2O4S. The van der Waals surface area contributed by atoms with Crippen molar-refractivity contribution in [1.82, 2.24) is 9.62 Å². The van der Waals surface area contributed by atoms with Crippen LogP contribution in [0.3, 0.4) is 0 Å². The maximum Gasteiger partial charge on any atom is 0.222 e. The average molecular weight is 521 g/mol. The summed E-state index contributed by atoms with van der Waals surface area (Å²) in [6.07, 6.45) is 15.2. The van der Waals surface area contributed by atoms with Crippen LogP contribution < -0.4 is 4.72 Å². The normalized spacial score (nSPS) is 43.4. The van der Waals surface area contributed by atoms with Gasteiger partial charge in [0.05, 0.1) is 12.4 Å². The predicted octanol–water partition coefficient (Wildman–Crippen LogP) is 4.49. The van der Waals surface area contributed by atoms with E-state index in [1.807, 2.05) is 4.90 Å². The molecular weight excluding hydrogens is 472 g/mol. The number of sulfonamides is 1. The number of likely N-dealkylation sites (tertiary alicyclic amines) is 1. The van der Waals surface area contributed by atoms with Crippen LogP contribution in [-0.2, 0) is 14.8 Å². The van der Waals surface area contributed by atoms with Crippen molar-refractivity contribution in [3.63, 3.8) is 0 Å². The molecule has 1 heterocycles. The van der Waals surface area contributed by atoms with Gasteiger partial charge in [0.15, 0.2) is 0 Å². The number of carbonyl (C=O) groups is 1. The molecule has 1 aliphatic heterocycles. The van der Waals surface area contributed by atoms with E-state index in [0.717, 1.165) is 43.4 Å². The number of aliphatic hydroxyl groups is 1. The van der Waals surface area contributed by atoms with Crippen molar-refractivity contribution in [2.24, 2.45) is 40.4 Å². The van der Waals surface area contributed by atoms with Crippen LogP contribution in [0.15, 0.2) is 11.6 Å². The second-order valence-electron chi connectivity index (χ2n) is 13.6. The fraction of sp³-hybridized carbons (Fsp3) is 0.897. The summed E-state index contributed by atoms with van der Waals surface area (Å²) >= 11 is 0. The van der Waals surface area contributed by atoms with Crippen LogP contribution in [0.1, 0.15) is 91.4 Å². The molecule has 5 aliphatic rings. The summed E-state index contributed by atoms with van der Waals surface area (Å²) in [4.78, 5) is 14.8. The molecule has 0 radical (unpaired) electrons. The van der Waals surface area contributed by atoms with Crippen LogP contribution in [0.2, 0.25) is 0 Å². The molecule has 0 aromatic rings. The minimum absolute atomic E-state index is 0.142. The molecule has 3 saturated carbocycles. The summed E-state index contributed by atoms with van der Waals surface area (Å²) in [6.45, 7) is 8.59. The van der Waals surface area contributed by atoms with Gasteiger partial charge in [0.1, 0.15) is 0 Å². The smallest absolute Gasteiger partial charge is 0.222 e. The summed E-state index contributed by atoms with van der Waals surface area (Å²) in [6, 6.07) is -0.148. The van der Waals surface area contributed by atoms with Gasteiger partial charge in [-0.25, -0.2) is 13.1 Å². The molecule has 9 atom stereocenters. The Morgan fingerprint density at radius 1 is 1.17 bits per heavy atom. The molecule has 0 spiro atoms. The van der Waals surface area contributed by atoms with Crippen molar-refractivity contribution < 1.29 is 18.3 Å². The quantitative estimate of drug-likeness (QED) is 0.505. The van der Waals surface area contributed by atoms with Gasteiger partial charge in [0, 0.05) is 25.6 Å². The van der Waals surface area contributed by atoms with Crippen LogP contribution in [0.4, 0.5) is 0 Å². The molecule has 1 amide bonds. The van der Waals surface area contributed by atoms with Crippen molar-refractivity contribution in [3.8, 4) is 0 Å². The Balaban J connectivity index is 1.19. The first-order chi connectivity index (χ1) is 16.9. The van der Waals surface area contributed by atoms with Crippen molar-refractivity contribution in [2.75, 3.05) is 19.3 Å². The highest BCUT2D eigenvalue weighted by atomic mass is 32.2. The standard InChI is InChI=1S/C29H48N2O4S/c1-19(5-10-27(33)31-16-13-21(18-31)30-36(4,34)35)24-8-9-25-23-7-6-20-17-22(32)11-14-28(20,2)26(23)12-15-29(24,25)3/h6,19,21-26,30,32H,5,7-18H2,1-4H3/t19-,21+,22+,23+,24-,25+,26+,28+,29-/m1/s1. The number of rotatable bonds is 6. The fourth-order valence-corrected chi connectivity index (χ4v) is 10.5. The Kier molecular flexibility index (Phi) is 7.17. The highest BCUT2D eigenvalue weighted by Crippen LogP contribution is 2.67. The van der Waals surface area contributed by atoms with Crippen LogP contribution >= 0.6 is 0 Å². The lowest BCUT2D eigenvalue weighted by Crippen LogP contribution is -2.50. The monoisotopic (exact) mass is 520 g/mol.